The van der Waals surface area contributed by atoms with Gasteiger partial charge in [0.25, 0.3) is 0 Å². The van der Waals surface area contributed by atoms with Gasteiger partial charge in [0.2, 0.25) is 5.91 Å². The molecule has 0 bridgehead atoms. The van der Waals surface area contributed by atoms with Crippen molar-refractivity contribution < 1.29 is 9.53 Å². The Morgan fingerprint density at radius 3 is 2.67 bits per heavy atom. The molecule has 0 aromatic heterocycles. The normalized spacial score (nSPS) is 11.1. The van der Waals surface area contributed by atoms with Gasteiger partial charge in [0.15, 0.2) is 0 Å². The number of amides is 1. The Morgan fingerprint density at radius 2 is 2.05 bits per heavy atom. The minimum atomic E-state index is 0.00310. The van der Waals surface area contributed by atoms with Gasteiger partial charge >= 0.3 is 0 Å². The zero-order chi connectivity index (χ0) is 15.7. The van der Waals surface area contributed by atoms with Crippen LogP contribution in [0.3, 0.4) is 0 Å². The number of anilines is 2. The first kappa shape index (κ1) is 17.5. The number of nitrogen functional groups attached to an aromatic ring is 1. The van der Waals surface area contributed by atoms with Gasteiger partial charge in [-0.05, 0) is 38.9 Å². The molecule has 0 aliphatic carbocycles. The number of para-hydroxylation sites is 2. The van der Waals surface area contributed by atoms with E-state index in [-0.39, 0.29) is 5.91 Å². The van der Waals surface area contributed by atoms with E-state index in [1.165, 1.54) is 0 Å². The number of carbonyl (C=O) groups is 1. The van der Waals surface area contributed by atoms with Crippen LogP contribution in [-0.4, -0.2) is 43.7 Å². The van der Waals surface area contributed by atoms with Gasteiger partial charge in [-0.25, -0.2) is 0 Å². The van der Waals surface area contributed by atoms with Crippen molar-refractivity contribution in [3.8, 4) is 0 Å². The number of benzene rings is 1. The fourth-order valence-electron chi connectivity index (χ4n) is 2.10. The van der Waals surface area contributed by atoms with Crippen molar-refractivity contribution in [2.75, 3.05) is 37.9 Å². The van der Waals surface area contributed by atoms with Crippen molar-refractivity contribution in [3.63, 3.8) is 0 Å². The summed E-state index contributed by atoms with van der Waals surface area (Å²) in [6.45, 7) is 6.80. The third kappa shape index (κ3) is 6.60. The smallest absolute Gasteiger partial charge is 0.224 e. The summed E-state index contributed by atoms with van der Waals surface area (Å²) in [5.74, 6) is 0.00310. The number of nitrogens with one attached hydrogen (secondary N) is 1. The van der Waals surface area contributed by atoms with Crippen molar-refractivity contribution in [3.05, 3.63) is 24.3 Å². The summed E-state index contributed by atoms with van der Waals surface area (Å²) in [5, 5.41) is 2.85. The van der Waals surface area contributed by atoms with Crippen LogP contribution in [0.15, 0.2) is 24.3 Å². The first-order chi connectivity index (χ1) is 10.0. The molecule has 5 nitrogen and oxygen atoms in total. The maximum absolute atomic E-state index is 11.9. The van der Waals surface area contributed by atoms with Gasteiger partial charge in [-0.2, -0.15) is 0 Å². The van der Waals surface area contributed by atoms with Gasteiger partial charge in [-0.1, -0.05) is 12.1 Å². The monoisotopic (exact) mass is 293 g/mol. The number of hydrogen-bond donors (Lipinski definition) is 2. The fraction of sp³-hybridized carbons (Fsp3) is 0.562. The third-order valence-corrected chi connectivity index (χ3v) is 3.40. The molecule has 1 amide bonds. The highest BCUT2D eigenvalue weighted by molar-refractivity contribution is 5.93. The molecule has 0 fully saturated rings. The topological polar surface area (TPSA) is 67.6 Å². The predicted octanol–water partition coefficient (Wildman–Crippen LogP) is 2.34. The Morgan fingerprint density at radius 1 is 1.33 bits per heavy atom. The summed E-state index contributed by atoms with van der Waals surface area (Å²) in [5.41, 5.74) is 7.08. The zero-order valence-corrected chi connectivity index (χ0v) is 13.3. The lowest BCUT2D eigenvalue weighted by molar-refractivity contribution is -0.116. The van der Waals surface area contributed by atoms with Crippen LogP contribution in [0.1, 0.15) is 26.7 Å². The highest BCUT2D eigenvalue weighted by Crippen LogP contribution is 2.17. The number of carbonyl (C=O) groups excluding carboxylic acids is 1. The average molecular weight is 293 g/mol. The zero-order valence-electron chi connectivity index (χ0n) is 13.3. The lowest BCUT2D eigenvalue weighted by Crippen LogP contribution is -2.35. The first-order valence-electron chi connectivity index (χ1n) is 7.42. The molecule has 1 aromatic carbocycles. The Hall–Kier alpha value is -1.59. The highest BCUT2D eigenvalue weighted by Gasteiger charge is 2.10. The quantitative estimate of drug-likeness (QED) is 0.686. The van der Waals surface area contributed by atoms with Crippen LogP contribution in [-0.2, 0) is 9.53 Å². The second kappa shape index (κ2) is 9.37. The minimum absolute atomic E-state index is 0.00310. The second-order valence-electron chi connectivity index (χ2n) is 5.36. The molecule has 0 heterocycles. The van der Waals surface area contributed by atoms with Gasteiger partial charge in [-0.3, -0.25) is 9.69 Å². The molecule has 1 rings (SSSR count). The Balaban J connectivity index is 2.34. The summed E-state index contributed by atoms with van der Waals surface area (Å²) in [7, 11) is 1.70. The molecule has 1 aromatic rings. The Bertz CT molecular complexity index is 435. The molecular weight excluding hydrogens is 266 g/mol. The number of nitrogens with zero attached hydrogens (tertiary/aromatic N) is 1. The Kier molecular flexibility index (Phi) is 7.79. The molecule has 118 valence electrons. The molecule has 0 unspecified atom stereocenters. The predicted molar refractivity (Wildman–Crippen MR) is 87.3 cm³/mol. The largest absolute Gasteiger partial charge is 0.397 e. The Labute approximate surface area is 127 Å². The van der Waals surface area contributed by atoms with Crippen LogP contribution in [0.4, 0.5) is 11.4 Å². The van der Waals surface area contributed by atoms with E-state index in [1.54, 1.807) is 13.2 Å². The van der Waals surface area contributed by atoms with E-state index < -0.39 is 0 Å². The molecule has 5 heteroatoms. The van der Waals surface area contributed by atoms with Gasteiger partial charge in [-0.15, -0.1) is 0 Å². The molecule has 0 saturated carbocycles. The van der Waals surface area contributed by atoms with Gasteiger partial charge in [0.1, 0.15) is 0 Å². The summed E-state index contributed by atoms with van der Waals surface area (Å²) in [4.78, 5) is 14.2. The van der Waals surface area contributed by atoms with E-state index in [2.05, 4.69) is 24.1 Å². The third-order valence-electron chi connectivity index (χ3n) is 3.40. The lowest BCUT2D eigenvalue weighted by atomic mass is 10.2. The van der Waals surface area contributed by atoms with Crippen LogP contribution in [0.2, 0.25) is 0 Å². The molecule has 0 aliphatic rings. The molecule has 0 atom stereocenters. The number of nitrogens with two attached hydrogens (primary N) is 1. The van der Waals surface area contributed by atoms with Gasteiger partial charge < -0.3 is 15.8 Å². The van der Waals surface area contributed by atoms with Gasteiger partial charge in [0, 0.05) is 26.1 Å². The standard InChI is InChI=1S/C16H27N3O2/c1-13(2)19(11-12-21-3)10-6-9-16(20)18-15-8-5-4-7-14(15)17/h4-5,7-8,13H,6,9-12,17H2,1-3H3,(H,18,20). The van der Waals surface area contributed by atoms with Crippen LogP contribution in [0.5, 0.6) is 0 Å². The van der Waals surface area contributed by atoms with E-state index in [9.17, 15) is 4.79 Å². The SMILES string of the molecule is COCCN(CCCC(=O)Nc1ccccc1N)C(C)C. The molecular formula is C16H27N3O2. The molecule has 3 N–H and O–H groups in total. The number of rotatable bonds is 9. The highest BCUT2D eigenvalue weighted by atomic mass is 16.5. The summed E-state index contributed by atoms with van der Waals surface area (Å²) in [6.07, 6.45) is 1.31. The molecule has 21 heavy (non-hydrogen) atoms. The van der Waals surface area contributed by atoms with E-state index in [0.29, 0.717) is 30.4 Å². The van der Waals surface area contributed by atoms with E-state index in [0.717, 1.165) is 19.5 Å². The van der Waals surface area contributed by atoms with Crippen molar-refractivity contribution in [2.24, 2.45) is 0 Å². The van der Waals surface area contributed by atoms with Gasteiger partial charge in [0.05, 0.1) is 18.0 Å². The maximum atomic E-state index is 11.9. The van der Waals surface area contributed by atoms with Crippen LogP contribution < -0.4 is 11.1 Å². The van der Waals surface area contributed by atoms with Crippen molar-refractivity contribution in [2.45, 2.75) is 32.7 Å². The summed E-state index contributed by atoms with van der Waals surface area (Å²) < 4.78 is 5.11. The summed E-state index contributed by atoms with van der Waals surface area (Å²) >= 11 is 0. The first-order valence-corrected chi connectivity index (χ1v) is 7.42. The van der Waals surface area contributed by atoms with Crippen molar-refractivity contribution >= 4 is 17.3 Å². The second-order valence-corrected chi connectivity index (χ2v) is 5.36. The molecule has 0 saturated heterocycles. The number of ether oxygens (including phenoxy) is 1. The van der Waals surface area contributed by atoms with E-state index in [4.69, 9.17) is 10.5 Å². The fourth-order valence-corrected chi connectivity index (χ4v) is 2.10. The van der Waals surface area contributed by atoms with Crippen LogP contribution in [0.25, 0.3) is 0 Å². The molecule has 0 aliphatic heterocycles. The van der Waals surface area contributed by atoms with Crippen LogP contribution in [0, 0.1) is 0 Å². The maximum Gasteiger partial charge on any atom is 0.224 e. The number of hydrogen-bond acceptors (Lipinski definition) is 4. The van der Waals surface area contributed by atoms with Crippen molar-refractivity contribution in [1.29, 1.82) is 0 Å². The molecule has 0 spiro atoms. The lowest BCUT2D eigenvalue weighted by Gasteiger charge is -2.25. The summed E-state index contributed by atoms with van der Waals surface area (Å²) in [6, 6.07) is 7.75. The number of methoxy groups -OCH3 is 1. The van der Waals surface area contributed by atoms with E-state index >= 15 is 0 Å². The molecule has 0 radical (unpaired) electrons. The average Bonchev–Trinajstić information content (AvgIpc) is 2.44. The van der Waals surface area contributed by atoms with Crippen LogP contribution >= 0.6 is 0 Å². The minimum Gasteiger partial charge on any atom is -0.397 e. The van der Waals surface area contributed by atoms with Crippen molar-refractivity contribution in [1.82, 2.24) is 4.90 Å². The van der Waals surface area contributed by atoms with E-state index in [1.807, 2.05) is 18.2 Å².